The Labute approximate surface area is 136 Å². The molecule has 0 aliphatic heterocycles. The maximum absolute atomic E-state index is 12.3. The van der Waals surface area contributed by atoms with Gasteiger partial charge in [-0.05, 0) is 24.6 Å². The third-order valence-corrected chi connectivity index (χ3v) is 3.53. The van der Waals surface area contributed by atoms with Crippen LogP contribution in [0.3, 0.4) is 0 Å². The van der Waals surface area contributed by atoms with Crippen LogP contribution in [0.4, 0.5) is 0 Å². The van der Waals surface area contributed by atoms with Gasteiger partial charge >= 0.3 is 0 Å². The first-order valence-corrected chi connectivity index (χ1v) is 7.89. The van der Waals surface area contributed by atoms with E-state index in [2.05, 4.69) is 16.0 Å². The van der Waals surface area contributed by atoms with Crippen LogP contribution >= 0.6 is 11.6 Å². The van der Waals surface area contributed by atoms with Gasteiger partial charge in [-0.1, -0.05) is 44.5 Å². The zero-order chi connectivity index (χ0) is 16.5. The summed E-state index contributed by atoms with van der Waals surface area (Å²) >= 11 is 6.01. The predicted molar refractivity (Wildman–Crippen MR) is 89.1 cm³/mol. The lowest BCUT2D eigenvalue weighted by Gasteiger charge is -2.22. The first-order chi connectivity index (χ1) is 10.5. The Morgan fingerprint density at radius 1 is 1.18 bits per heavy atom. The molecule has 0 aromatic heterocycles. The summed E-state index contributed by atoms with van der Waals surface area (Å²) in [5.74, 6) is -0.551. The van der Waals surface area contributed by atoms with Crippen molar-refractivity contribution in [3.05, 3.63) is 34.9 Å². The number of hydrogen-bond acceptors (Lipinski definition) is 3. The van der Waals surface area contributed by atoms with Crippen molar-refractivity contribution in [3.8, 4) is 0 Å². The van der Waals surface area contributed by atoms with Gasteiger partial charge in [0.1, 0.15) is 6.04 Å². The Bertz CT molecular complexity index is 506. The van der Waals surface area contributed by atoms with Gasteiger partial charge in [0.15, 0.2) is 0 Å². The summed E-state index contributed by atoms with van der Waals surface area (Å²) in [6.07, 6.45) is 0. The highest BCUT2D eigenvalue weighted by Crippen LogP contribution is 2.15. The topological polar surface area (TPSA) is 70.2 Å². The molecule has 0 radical (unpaired) electrons. The molecule has 6 heteroatoms. The van der Waals surface area contributed by atoms with E-state index >= 15 is 0 Å². The zero-order valence-electron chi connectivity index (χ0n) is 13.3. The largest absolute Gasteiger partial charge is 0.353 e. The van der Waals surface area contributed by atoms with Gasteiger partial charge in [0.2, 0.25) is 5.91 Å². The molecule has 0 heterocycles. The maximum atomic E-state index is 12.3. The van der Waals surface area contributed by atoms with Crippen molar-refractivity contribution in [1.29, 1.82) is 0 Å². The molecule has 0 fully saturated rings. The van der Waals surface area contributed by atoms with E-state index in [1.807, 2.05) is 20.8 Å². The average Bonchev–Trinajstić information content (AvgIpc) is 2.49. The van der Waals surface area contributed by atoms with Crippen LogP contribution in [-0.2, 0) is 4.79 Å². The van der Waals surface area contributed by atoms with Crippen molar-refractivity contribution < 1.29 is 9.59 Å². The van der Waals surface area contributed by atoms with E-state index in [-0.39, 0.29) is 17.7 Å². The molecule has 2 amide bonds. The van der Waals surface area contributed by atoms with E-state index in [0.717, 1.165) is 6.54 Å². The van der Waals surface area contributed by atoms with Gasteiger partial charge in [0, 0.05) is 13.1 Å². The first kappa shape index (κ1) is 18.5. The molecule has 1 aromatic carbocycles. The second-order valence-corrected chi connectivity index (χ2v) is 5.73. The van der Waals surface area contributed by atoms with Crippen LogP contribution in [0, 0.1) is 5.92 Å². The van der Waals surface area contributed by atoms with Crippen LogP contribution in [-0.4, -0.2) is 37.5 Å². The number of likely N-dealkylation sites (N-methyl/N-ethyl adjacent to an activating group) is 1. The highest BCUT2D eigenvalue weighted by molar-refractivity contribution is 6.33. The summed E-state index contributed by atoms with van der Waals surface area (Å²) < 4.78 is 0. The van der Waals surface area contributed by atoms with Crippen LogP contribution in [0.5, 0.6) is 0 Å². The molecular weight excluding hydrogens is 302 g/mol. The minimum atomic E-state index is -0.592. The van der Waals surface area contributed by atoms with E-state index < -0.39 is 6.04 Å². The molecule has 122 valence electrons. The second kappa shape index (κ2) is 9.43. The average molecular weight is 326 g/mol. The number of benzene rings is 1. The molecule has 5 nitrogen and oxygen atoms in total. The Kier molecular flexibility index (Phi) is 7.91. The lowest BCUT2D eigenvalue weighted by molar-refractivity contribution is -0.123. The van der Waals surface area contributed by atoms with Gasteiger partial charge in [-0.2, -0.15) is 0 Å². The predicted octanol–water partition coefficient (Wildman–Crippen LogP) is 1.82. The summed E-state index contributed by atoms with van der Waals surface area (Å²) in [6, 6.07) is 6.19. The molecule has 1 rings (SSSR count). The van der Waals surface area contributed by atoms with Crippen molar-refractivity contribution in [2.75, 3.05) is 19.6 Å². The lowest BCUT2D eigenvalue weighted by Crippen LogP contribution is -2.50. The number of rotatable bonds is 8. The van der Waals surface area contributed by atoms with Gasteiger partial charge in [-0.3, -0.25) is 9.59 Å². The van der Waals surface area contributed by atoms with Crippen molar-refractivity contribution in [1.82, 2.24) is 16.0 Å². The molecule has 1 atom stereocenters. The summed E-state index contributed by atoms with van der Waals surface area (Å²) in [4.78, 5) is 24.5. The van der Waals surface area contributed by atoms with Crippen LogP contribution in [0.2, 0.25) is 5.02 Å². The van der Waals surface area contributed by atoms with Crippen LogP contribution in [0.1, 0.15) is 31.1 Å². The van der Waals surface area contributed by atoms with Crippen molar-refractivity contribution in [2.45, 2.75) is 26.8 Å². The summed E-state index contributed by atoms with van der Waals surface area (Å²) in [5.41, 5.74) is 0.371. The third kappa shape index (κ3) is 5.66. The number of amides is 2. The van der Waals surface area contributed by atoms with E-state index in [1.54, 1.807) is 24.3 Å². The van der Waals surface area contributed by atoms with E-state index in [0.29, 0.717) is 23.7 Å². The fraction of sp³-hybridized carbons (Fsp3) is 0.500. The molecule has 0 aliphatic rings. The van der Waals surface area contributed by atoms with Gasteiger partial charge in [-0.25, -0.2) is 0 Å². The monoisotopic (exact) mass is 325 g/mol. The minimum Gasteiger partial charge on any atom is -0.353 e. The Hall–Kier alpha value is -1.59. The van der Waals surface area contributed by atoms with Crippen LogP contribution in [0.15, 0.2) is 24.3 Å². The normalized spacial score (nSPS) is 12.0. The van der Waals surface area contributed by atoms with Crippen LogP contribution in [0.25, 0.3) is 0 Å². The van der Waals surface area contributed by atoms with E-state index in [1.165, 1.54) is 0 Å². The van der Waals surface area contributed by atoms with Crippen molar-refractivity contribution >= 4 is 23.4 Å². The van der Waals surface area contributed by atoms with Gasteiger partial charge in [0.25, 0.3) is 5.91 Å². The second-order valence-electron chi connectivity index (χ2n) is 5.32. The lowest BCUT2D eigenvalue weighted by atomic mass is 10.0. The summed E-state index contributed by atoms with van der Waals surface area (Å²) in [6.45, 7) is 7.86. The Balaban J connectivity index is 2.66. The Morgan fingerprint density at radius 2 is 1.86 bits per heavy atom. The summed E-state index contributed by atoms with van der Waals surface area (Å²) in [7, 11) is 0. The summed E-state index contributed by atoms with van der Waals surface area (Å²) in [5, 5.41) is 9.08. The first-order valence-electron chi connectivity index (χ1n) is 7.51. The molecule has 0 bridgehead atoms. The highest BCUT2D eigenvalue weighted by Gasteiger charge is 2.24. The number of hydrogen-bond donors (Lipinski definition) is 3. The maximum Gasteiger partial charge on any atom is 0.253 e. The van der Waals surface area contributed by atoms with E-state index in [4.69, 9.17) is 11.6 Å². The van der Waals surface area contributed by atoms with Gasteiger partial charge in [-0.15, -0.1) is 0 Å². The fourth-order valence-corrected chi connectivity index (χ4v) is 2.18. The molecule has 0 spiro atoms. The molecule has 3 N–H and O–H groups in total. The SMILES string of the molecule is CCNCCNC(=O)C(NC(=O)c1ccccc1Cl)C(C)C. The molecule has 1 unspecified atom stereocenters. The number of halogens is 1. The minimum absolute atomic E-state index is 0.0226. The van der Waals surface area contributed by atoms with E-state index in [9.17, 15) is 9.59 Å². The van der Waals surface area contributed by atoms with Crippen molar-refractivity contribution in [2.24, 2.45) is 5.92 Å². The molecular formula is C16H24ClN3O2. The third-order valence-electron chi connectivity index (χ3n) is 3.21. The standard InChI is InChI=1S/C16H24ClN3O2/c1-4-18-9-10-19-16(22)14(11(2)3)20-15(21)12-7-5-6-8-13(12)17/h5-8,11,14,18H,4,9-10H2,1-3H3,(H,19,22)(H,20,21). The fourth-order valence-electron chi connectivity index (χ4n) is 1.96. The smallest absolute Gasteiger partial charge is 0.253 e. The van der Waals surface area contributed by atoms with Crippen LogP contribution < -0.4 is 16.0 Å². The number of carbonyl (C=O) groups excluding carboxylic acids is 2. The number of carbonyl (C=O) groups is 2. The van der Waals surface area contributed by atoms with Crippen molar-refractivity contribution in [3.63, 3.8) is 0 Å². The Morgan fingerprint density at radius 3 is 2.45 bits per heavy atom. The zero-order valence-corrected chi connectivity index (χ0v) is 14.0. The number of nitrogens with one attached hydrogen (secondary N) is 3. The van der Waals surface area contributed by atoms with Gasteiger partial charge in [0.05, 0.1) is 10.6 Å². The molecule has 22 heavy (non-hydrogen) atoms. The quantitative estimate of drug-likeness (QED) is 0.639. The molecule has 0 saturated carbocycles. The molecule has 0 saturated heterocycles. The molecule has 0 aliphatic carbocycles. The highest BCUT2D eigenvalue weighted by atomic mass is 35.5. The van der Waals surface area contributed by atoms with Gasteiger partial charge < -0.3 is 16.0 Å². The molecule has 1 aromatic rings.